The third-order valence-electron chi connectivity index (χ3n) is 4.48. The fourth-order valence-electron chi connectivity index (χ4n) is 3.17. The van der Waals surface area contributed by atoms with Crippen LogP contribution in [0, 0.1) is 0 Å². The molecule has 0 amide bonds. The number of hydrogen-bond donors (Lipinski definition) is 1. The normalized spacial score (nSPS) is 18.9. The van der Waals surface area contributed by atoms with Crippen LogP contribution in [0.15, 0.2) is 24.8 Å². The molecule has 0 saturated carbocycles. The van der Waals surface area contributed by atoms with Crippen molar-refractivity contribution in [2.45, 2.75) is 25.5 Å². The van der Waals surface area contributed by atoms with Gasteiger partial charge in [-0.3, -0.25) is 4.79 Å². The first-order chi connectivity index (χ1) is 13.1. The second-order valence-electron chi connectivity index (χ2n) is 6.17. The summed E-state index contributed by atoms with van der Waals surface area (Å²) in [5, 5.41) is 3.95. The van der Waals surface area contributed by atoms with E-state index < -0.39 is 0 Å². The summed E-state index contributed by atoms with van der Waals surface area (Å²) in [5.41, 5.74) is 1.55. The number of hydrogen-bond acceptors (Lipinski definition) is 7. The summed E-state index contributed by atoms with van der Waals surface area (Å²) in [4.78, 5) is 16.3. The summed E-state index contributed by atoms with van der Waals surface area (Å²) in [5.74, 6) is 1.52. The summed E-state index contributed by atoms with van der Waals surface area (Å²) < 4.78 is 22.0. The van der Waals surface area contributed by atoms with Crippen molar-refractivity contribution in [3.8, 4) is 17.4 Å². The first kappa shape index (κ1) is 19.0. The Morgan fingerprint density at radius 3 is 2.81 bits per heavy atom. The van der Waals surface area contributed by atoms with E-state index in [2.05, 4.69) is 16.9 Å². The van der Waals surface area contributed by atoms with Crippen LogP contribution in [0.3, 0.4) is 0 Å². The Morgan fingerprint density at radius 1 is 1.33 bits per heavy atom. The number of carbonyl (C=O) groups is 1. The highest BCUT2D eigenvalue weighted by molar-refractivity contribution is 5.90. The van der Waals surface area contributed by atoms with Crippen LogP contribution in [0.1, 0.15) is 18.9 Å². The minimum absolute atomic E-state index is 0.163. The first-order valence-corrected chi connectivity index (χ1v) is 8.85. The van der Waals surface area contributed by atoms with E-state index in [0.717, 1.165) is 10.9 Å². The Morgan fingerprint density at radius 2 is 2.15 bits per heavy atom. The van der Waals surface area contributed by atoms with Crippen LogP contribution in [0.5, 0.6) is 17.4 Å². The van der Waals surface area contributed by atoms with Gasteiger partial charge in [0.2, 0.25) is 5.88 Å². The lowest BCUT2D eigenvalue weighted by molar-refractivity contribution is -0.142. The molecule has 0 unspecified atom stereocenters. The van der Waals surface area contributed by atoms with Crippen molar-refractivity contribution in [2.75, 3.05) is 27.4 Å². The lowest BCUT2D eigenvalue weighted by Gasteiger charge is -2.17. The fourth-order valence-corrected chi connectivity index (χ4v) is 3.17. The van der Waals surface area contributed by atoms with E-state index in [1.54, 1.807) is 19.3 Å². The molecule has 7 nitrogen and oxygen atoms in total. The molecule has 1 fully saturated rings. The number of ether oxygens (including phenoxy) is 4. The zero-order valence-corrected chi connectivity index (χ0v) is 15.8. The average molecular weight is 372 g/mol. The molecule has 1 N–H and O–H groups in total. The fraction of sp³-hybridized carbons (Fsp3) is 0.400. The second-order valence-corrected chi connectivity index (χ2v) is 6.17. The molecule has 2 heterocycles. The smallest absolute Gasteiger partial charge is 0.323 e. The first-order valence-electron chi connectivity index (χ1n) is 8.85. The Bertz CT molecular complexity index is 852. The van der Waals surface area contributed by atoms with Gasteiger partial charge in [-0.2, -0.15) is 0 Å². The van der Waals surface area contributed by atoms with Gasteiger partial charge in [-0.05, 0) is 13.0 Å². The number of aromatic nitrogens is 1. The van der Waals surface area contributed by atoms with Gasteiger partial charge in [0.15, 0.2) is 0 Å². The van der Waals surface area contributed by atoms with Gasteiger partial charge >= 0.3 is 5.97 Å². The Labute approximate surface area is 158 Å². The highest BCUT2D eigenvalue weighted by atomic mass is 16.5. The van der Waals surface area contributed by atoms with E-state index in [4.69, 9.17) is 18.9 Å². The highest BCUT2D eigenvalue weighted by Gasteiger charge is 2.31. The summed E-state index contributed by atoms with van der Waals surface area (Å²) in [6, 6.07) is 5.19. The quantitative estimate of drug-likeness (QED) is 0.748. The van der Waals surface area contributed by atoms with Gasteiger partial charge in [0.25, 0.3) is 0 Å². The van der Waals surface area contributed by atoms with E-state index in [1.165, 1.54) is 7.11 Å². The van der Waals surface area contributed by atoms with E-state index in [9.17, 15) is 4.79 Å². The average Bonchev–Trinajstić information content (AvgIpc) is 3.15. The van der Waals surface area contributed by atoms with E-state index in [-0.39, 0.29) is 18.1 Å². The van der Waals surface area contributed by atoms with Crippen LogP contribution >= 0.6 is 0 Å². The number of benzene rings is 1. The summed E-state index contributed by atoms with van der Waals surface area (Å²) in [6.45, 7) is 6.79. The minimum atomic E-state index is -0.358. The van der Waals surface area contributed by atoms with Crippen molar-refractivity contribution in [2.24, 2.45) is 0 Å². The Kier molecular flexibility index (Phi) is 5.81. The molecule has 27 heavy (non-hydrogen) atoms. The molecule has 0 aliphatic carbocycles. The molecule has 0 spiro atoms. The molecule has 0 radical (unpaired) electrons. The van der Waals surface area contributed by atoms with Crippen LogP contribution in [-0.4, -0.2) is 50.5 Å². The standard InChI is InChI=1S/C20H24N2O5/c1-5-12-7-14-15(9-17(12)24-3)22-19(26-6-2)10-18(14)27-13-8-16(21-11-13)20(23)25-4/h5,7,9-10,13,16,21H,1,6,8,11H2,2-4H3/t13-,16+/m1/s1. The Hall–Kier alpha value is -2.80. The van der Waals surface area contributed by atoms with Crippen molar-refractivity contribution in [1.82, 2.24) is 10.3 Å². The van der Waals surface area contributed by atoms with Crippen molar-refractivity contribution < 1.29 is 23.7 Å². The SMILES string of the molecule is C=Cc1cc2c(O[C@H]3CN[C@H](C(=O)OC)C3)cc(OCC)nc2cc1OC. The van der Waals surface area contributed by atoms with Crippen LogP contribution in [0.4, 0.5) is 0 Å². The molecule has 2 aromatic rings. The van der Waals surface area contributed by atoms with Gasteiger partial charge in [-0.15, -0.1) is 0 Å². The molecular formula is C20H24N2O5. The zero-order valence-electron chi connectivity index (χ0n) is 15.8. The molecule has 0 bridgehead atoms. The third-order valence-corrected chi connectivity index (χ3v) is 4.48. The summed E-state index contributed by atoms with van der Waals surface area (Å²) in [6.07, 6.45) is 2.09. The number of pyridine rings is 1. The molecule has 1 aliphatic rings. The predicted molar refractivity (Wildman–Crippen MR) is 102 cm³/mol. The largest absolute Gasteiger partial charge is 0.496 e. The number of nitrogens with zero attached hydrogens (tertiary/aromatic N) is 1. The highest BCUT2D eigenvalue weighted by Crippen LogP contribution is 2.35. The number of rotatable bonds is 7. The van der Waals surface area contributed by atoms with Crippen LogP contribution in [-0.2, 0) is 9.53 Å². The van der Waals surface area contributed by atoms with Gasteiger partial charge in [0.05, 0.1) is 26.3 Å². The molecule has 1 aliphatic heterocycles. The van der Waals surface area contributed by atoms with Crippen molar-refractivity contribution >= 4 is 22.9 Å². The van der Waals surface area contributed by atoms with Crippen molar-refractivity contribution in [3.63, 3.8) is 0 Å². The molecule has 3 rings (SSSR count). The number of nitrogens with one attached hydrogen (secondary N) is 1. The maximum Gasteiger partial charge on any atom is 0.323 e. The zero-order chi connectivity index (χ0) is 19.4. The van der Waals surface area contributed by atoms with Crippen molar-refractivity contribution in [3.05, 3.63) is 30.3 Å². The molecule has 1 saturated heterocycles. The summed E-state index contributed by atoms with van der Waals surface area (Å²) >= 11 is 0. The third kappa shape index (κ3) is 3.98. The molecule has 7 heteroatoms. The minimum Gasteiger partial charge on any atom is -0.496 e. The van der Waals surface area contributed by atoms with Crippen LogP contribution < -0.4 is 19.5 Å². The van der Waals surface area contributed by atoms with E-state index in [0.29, 0.717) is 42.5 Å². The van der Waals surface area contributed by atoms with Gasteiger partial charge in [-0.1, -0.05) is 12.7 Å². The van der Waals surface area contributed by atoms with Gasteiger partial charge in [0.1, 0.15) is 23.6 Å². The second kappa shape index (κ2) is 8.26. The van der Waals surface area contributed by atoms with Crippen molar-refractivity contribution in [1.29, 1.82) is 0 Å². The predicted octanol–water partition coefficient (Wildman–Crippen LogP) is 2.57. The molecule has 2 atom stereocenters. The maximum absolute atomic E-state index is 11.7. The molecule has 1 aromatic carbocycles. The molecule has 144 valence electrons. The summed E-state index contributed by atoms with van der Waals surface area (Å²) in [7, 11) is 2.99. The topological polar surface area (TPSA) is 78.9 Å². The molecule has 1 aromatic heterocycles. The lowest BCUT2D eigenvalue weighted by atomic mass is 10.1. The monoisotopic (exact) mass is 372 g/mol. The number of esters is 1. The van der Waals surface area contributed by atoms with Gasteiger partial charge in [-0.25, -0.2) is 4.98 Å². The number of fused-ring (bicyclic) bond motifs is 1. The Balaban J connectivity index is 1.97. The molecular weight excluding hydrogens is 348 g/mol. The van der Waals surface area contributed by atoms with Gasteiger partial charge in [0, 0.05) is 36.0 Å². The van der Waals surface area contributed by atoms with Gasteiger partial charge < -0.3 is 24.3 Å². The maximum atomic E-state index is 11.7. The lowest BCUT2D eigenvalue weighted by Crippen LogP contribution is -2.31. The van der Waals surface area contributed by atoms with Crippen LogP contribution in [0.25, 0.3) is 17.0 Å². The van der Waals surface area contributed by atoms with E-state index in [1.807, 2.05) is 19.1 Å². The number of methoxy groups -OCH3 is 2. The van der Waals surface area contributed by atoms with E-state index >= 15 is 0 Å². The number of carbonyl (C=O) groups excluding carboxylic acids is 1. The van der Waals surface area contributed by atoms with Crippen LogP contribution in [0.2, 0.25) is 0 Å².